The molecule has 0 saturated heterocycles. The molecule has 0 aromatic heterocycles. The van der Waals surface area contributed by atoms with Crippen LogP contribution in [0.4, 0.5) is 0 Å². The molecule has 0 aliphatic rings. The summed E-state index contributed by atoms with van der Waals surface area (Å²) in [6, 6.07) is 14.6. The largest absolute Gasteiger partial charge is 0.350 e. The third kappa shape index (κ3) is 7.33. The summed E-state index contributed by atoms with van der Waals surface area (Å²) in [4.78, 5) is 27.9. The Hall–Kier alpha value is -2.04. The molecule has 162 valence electrons. The van der Waals surface area contributed by atoms with E-state index in [0.717, 1.165) is 11.1 Å². The summed E-state index contributed by atoms with van der Waals surface area (Å²) < 4.78 is 0. The van der Waals surface area contributed by atoms with Gasteiger partial charge < -0.3 is 10.2 Å². The Balaban J connectivity index is 2.25. The molecule has 0 unspecified atom stereocenters. The maximum atomic E-state index is 13.2. The molecule has 2 aromatic carbocycles. The Labute approximate surface area is 189 Å². The van der Waals surface area contributed by atoms with Crippen LogP contribution in [0.2, 0.25) is 10.0 Å². The highest BCUT2D eigenvalue weighted by atomic mass is 35.5. The second-order valence-electron chi connectivity index (χ2n) is 8.42. The van der Waals surface area contributed by atoms with Crippen molar-refractivity contribution in [3.8, 4) is 0 Å². The molecule has 2 rings (SSSR count). The summed E-state index contributed by atoms with van der Waals surface area (Å²) in [7, 11) is 0. The molecule has 0 bridgehead atoms. The maximum Gasteiger partial charge on any atom is 0.243 e. The van der Waals surface area contributed by atoms with Crippen LogP contribution in [0.25, 0.3) is 0 Å². The third-order valence-corrected chi connectivity index (χ3v) is 5.43. The normalized spacial score (nSPS) is 12.3. The molecule has 0 spiro atoms. The number of nitrogens with zero attached hydrogens (tertiary/aromatic N) is 1. The molecule has 0 fully saturated rings. The standard InChI is InChI=1S/C24H30Cl2N2O2/c1-5-21(23(30)27-24(2,3)4)28(16-18-11-13-19(25)20(26)15-18)22(29)14-12-17-9-7-6-8-10-17/h6-11,13,15,21H,5,12,14,16H2,1-4H3,(H,27,30)/t21-/m1/s1. The van der Waals surface area contributed by atoms with E-state index in [2.05, 4.69) is 5.32 Å². The minimum absolute atomic E-state index is 0.0687. The van der Waals surface area contributed by atoms with Gasteiger partial charge in [0.05, 0.1) is 10.0 Å². The van der Waals surface area contributed by atoms with Crippen LogP contribution in [0.5, 0.6) is 0 Å². The first-order valence-corrected chi connectivity index (χ1v) is 11.0. The predicted molar refractivity (Wildman–Crippen MR) is 124 cm³/mol. The monoisotopic (exact) mass is 448 g/mol. The Bertz CT molecular complexity index is 863. The molecular weight excluding hydrogens is 419 g/mol. The molecule has 6 heteroatoms. The third-order valence-electron chi connectivity index (χ3n) is 4.69. The van der Waals surface area contributed by atoms with Gasteiger partial charge >= 0.3 is 0 Å². The van der Waals surface area contributed by atoms with E-state index >= 15 is 0 Å². The zero-order valence-electron chi connectivity index (χ0n) is 18.0. The van der Waals surface area contributed by atoms with Gasteiger partial charge in [-0.2, -0.15) is 0 Å². The first kappa shape index (κ1) is 24.2. The molecule has 1 atom stereocenters. The van der Waals surface area contributed by atoms with Crippen molar-refractivity contribution in [1.82, 2.24) is 10.2 Å². The van der Waals surface area contributed by atoms with Gasteiger partial charge in [-0.05, 0) is 56.9 Å². The average molecular weight is 449 g/mol. The highest BCUT2D eigenvalue weighted by Crippen LogP contribution is 2.24. The molecule has 1 N–H and O–H groups in total. The van der Waals surface area contributed by atoms with Crippen LogP contribution in [0.3, 0.4) is 0 Å². The summed E-state index contributed by atoms with van der Waals surface area (Å²) in [5.74, 6) is -0.223. The van der Waals surface area contributed by atoms with Crippen LogP contribution in [0.15, 0.2) is 48.5 Å². The Morgan fingerprint density at radius 2 is 1.67 bits per heavy atom. The summed E-state index contributed by atoms with van der Waals surface area (Å²) in [6.07, 6.45) is 1.46. The number of aryl methyl sites for hydroxylation is 1. The van der Waals surface area contributed by atoms with E-state index in [1.54, 1.807) is 17.0 Å². The van der Waals surface area contributed by atoms with Crippen molar-refractivity contribution in [3.05, 3.63) is 69.7 Å². The van der Waals surface area contributed by atoms with Crippen LogP contribution in [-0.2, 0) is 22.6 Å². The molecule has 0 heterocycles. The van der Waals surface area contributed by atoms with Gasteiger partial charge in [-0.1, -0.05) is 66.5 Å². The van der Waals surface area contributed by atoms with E-state index in [0.29, 0.717) is 35.9 Å². The lowest BCUT2D eigenvalue weighted by Crippen LogP contribution is -2.53. The first-order valence-electron chi connectivity index (χ1n) is 10.2. The summed E-state index contributed by atoms with van der Waals surface area (Å²) >= 11 is 12.2. The number of rotatable bonds is 8. The van der Waals surface area contributed by atoms with Crippen molar-refractivity contribution in [3.63, 3.8) is 0 Å². The van der Waals surface area contributed by atoms with Crippen LogP contribution in [-0.4, -0.2) is 28.3 Å². The van der Waals surface area contributed by atoms with Crippen molar-refractivity contribution in [2.75, 3.05) is 0 Å². The number of halogens is 2. The summed E-state index contributed by atoms with van der Waals surface area (Å²) in [5, 5.41) is 3.89. The lowest BCUT2D eigenvalue weighted by atomic mass is 10.0. The van der Waals surface area contributed by atoms with E-state index < -0.39 is 6.04 Å². The van der Waals surface area contributed by atoms with E-state index in [-0.39, 0.29) is 17.4 Å². The Morgan fingerprint density at radius 1 is 1.00 bits per heavy atom. The summed E-state index contributed by atoms with van der Waals surface area (Å²) in [6.45, 7) is 7.99. The van der Waals surface area contributed by atoms with Gasteiger partial charge in [-0.3, -0.25) is 9.59 Å². The molecule has 2 amide bonds. The average Bonchev–Trinajstić information content (AvgIpc) is 2.68. The minimum atomic E-state index is -0.568. The van der Waals surface area contributed by atoms with E-state index in [1.165, 1.54) is 0 Å². The lowest BCUT2D eigenvalue weighted by Gasteiger charge is -2.33. The fraction of sp³-hybridized carbons (Fsp3) is 0.417. The van der Waals surface area contributed by atoms with E-state index in [1.807, 2.05) is 64.1 Å². The number of amides is 2. The van der Waals surface area contributed by atoms with Gasteiger partial charge in [0, 0.05) is 18.5 Å². The topological polar surface area (TPSA) is 49.4 Å². The molecule has 2 aromatic rings. The minimum Gasteiger partial charge on any atom is -0.350 e. The SMILES string of the molecule is CC[C@H](C(=O)NC(C)(C)C)N(Cc1ccc(Cl)c(Cl)c1)C(=O)CCc1ccccc1. The fourth-order valence-corrected chi connectivity index (χ4v) is 3.57. The van der Waals surface area contributed by atoms with Crippen molar-refractivity contribution in [2.45, 2.75) is 65.1 Å². The quantitative estimate of drug-likeness (QED) is 0.566. The van der Waals surface area contributed by atoms with Gasteiger partial charge in [-0.25, -0.2) is 0 Å². The number of hydrogen-bond acceptors (Lipinski definition) is 2. The smallest absolute Gasteiger partial charge is 0.243 e. The van der Waals surface area contributed by atoms with Crippen molar-refractivity contribution < 1.29 is 9.59 Å². The molecule has 0 radical (unpaired) electrons. The van der Waals surface area contributed by atoms with Crippen molar-refractivity contribution in [1.29, 1.82) is 0 Å². The van der Waals surface area contributed by atoms with Crippen molar-refractivity contribution >= 4 is 35.0 Å². The zero-order valence-corrected chi connectivity index (χ0v) is 19.6. The predicted octanol–water partition coefficient (Wildman–Crippen LogP) is 5.65. The van der Waals surface area contributed by atoms with E-state index in [9.17, 15) is 9.59 Å². The van der Waals surface area contributed by atoms with Gasteiger partial charge in [0.2, 0.25) is 11.8 Å². The number of nitrogens with one attached hydrogen (secondary N) is 1. The Morgan fingerprint density at radius 3 is 2.23 bits per heavy atom. The zero-order chi connectivity index (χ0) is 22.3. The van der Waals surface area contributed by atoms with Gasteiger partial charge in [0.15, 0.2) is 0 Å². The van der Waals surface area contributed by atoms with E-state index in [4.69, 9.17) is 23.2 Å². The second kappa shape index (κ2) is 10.8. The molecule has 0 aliphatic heterocycles. The Kier molecular flexibility index (Phi) is 8.75. The first-order chi connectivity index (χ1) is 14.1. The number of hydrogen-bond donors (Lipinski definition) is 1. The molecular formula is C24H30Cl2N2O2. The fourth-order valence-electron chi connectivity index (χ4n) is 3.25. The highest BCUT2D eigenvalue weighted by Gasteiger charge is 2.30. The molecule has 0 saturated carbocycles. The van der Waals surface area contributed by atoms with Crippen LogP contribution < -0.4 is 5.32 Å². The number of benzene rings is 2. The lowest BCUT2D eigenvalue weighted by molar-refractivity contribution is -0.142. The maximum absolute atomic E-state index is 13.2. The second-order valence-corrected chi connectivity index (χ2v) is 9.23. The van der Waals surface area contributed by atoms with Gasteiger partial charge in [-0.15, -0.1) is 0 Å². The van der Waals surface area contributed by atoms with Crippen LogP contribution in [0, 0.1) is 0 Å². The molecule has 30 heavy (non-hydrogen) atoms. The number of carbonyl (C=O) groups excluding carboxylic acids is 2. The molecule has 4 nitrogen and oxygen atoms in total. The van der Waals surface area contributed by atoms with Crippen LogP contribution >= 0.6 is 23.2 Å². The van der Waals surface area contributed by atoms with Crippen LogP contribution in [0.1, 0.15) is 51.7 Å². The van der Waals surface area contributed by atoms with Gasteiger partial charge in [0.1, 0.15) is 6.04 Å². The van der Waals surface area contributed by atoms with Crippen molar-refractivity contribution in [2.24, 2.45) is 0 Å². The summed E-state index contributed by atoms with van der Waals surface area (Å²) in [5.41, 5.74) is 1.54. The molecule has 0 aliphatic carbocycles. The number of carbonyl (C=O) groups is 2. The highest BCUT2D eigenvalue weighted by molar-refractivity contribution is 6.42. The van der Waals surface area contributed by atoms with Gasteiger partial charge in [0.25, 0.3) is 0 Å².